The number of nitrogens with one attached hydrogen (secondary N) is 1. The van der Waals surface area contributed by atoms with Crippen LogP contribution in [0.2, 0.25) is 0 Å². The van der Waals surface area contributed by atoms with Crippen LogP contribution in [0.1, 0.15) is 0 Å². The van der Waals surface area contributed by atoms with E-state index in [4.69, 9.17) is 35.1 Å². The van der Waals surface area contributed by atoms with Crippen molar-refractivity contribution in [2.24, 2.45) is 5.92 Å². The number of aliphatic hydroxyl groups is 4. The molecule has 0 spiro atoms. The zero-order valence-corrected chi connectivity index (χ0v) is 10.2. The highest BCUT2D eigenvalue weighted by molar-refractivity contribution is 4.63. The van der Waals surface area contributed by atoms with E-state index in [0.29, 0.717) is 0 Å². The van der Waals surface area contributed by atoms with E-state index < -0.39 is 12.2 Å². The monoisotopic (exact) mass is 269 g/mol. The lowest BCUT2D eigenvalue weighted by atomic mass is 10.2. The van der Waals surface area contributed by atoms with Crippen molar-refractivity contribution in [3.63, 3.8) is 0 Å². The van der Waals surface area contributed by atoms with Crippen molar-refractivity contribution in [3.05, 3.63) is 0 Å². The second kappa shape index (κ2) is 11.8. The van der Waals surface area contributed by atoms with Gasteiger partial charge in [0, 0.05) is 12.5 Å². The van der Waals surface area contributed by atoms with Crippen LogP contribution >= 0.6 is 0 Å². The Labute approximate surface area is 106 Å². The molecule has 0 bridgehead atoms. The Kier molecular flexibility index (Phi) is 11.5. The Morgan fingerprint density at radius 3 is 1.44 bits per heavy atom. The molecule has 0 atom stereocenters. The number of hydroxylamine groups is 1. The van der Waals surface area contributed by atoms with Gasteiger partial charge >= 0.3 is 0 Å². The molecule has 0 aliphatic heterocycles. The first-order valence-electron chi connectivity index (χ1n) is 5.75. The van der Waals surface area contributed by atoms with E-state index in [2.05, 4.69) is 0 Å². The quantitative estimate of drug-likeness (QED) is 0.211. The highest BCUT2D eigenvalue weighted by Crippen LogP contribution is 2.03. The molecule has 0 aliphatic carbocycles. The minimum Gasteiger partial charge on any atom is -0.394 e. The first-order valence-corrected chi connectivity index (χ1v) is 5.75. The molecular weight excluding hydrogens is 246 g/mol. The van der Waals surface area contributed by atoms with Crippen molar-refractivity contribution >= 4 is 0 Å². The third kappa shape index (κ3) is 7.90. The smallest absolute Gasteiger partial charge is 0.104 e. The predicted molar refractivity (Wildman–Crippen MR) is 61.1 cm³/mol. The number of aliphatic hydroxyl groups excluding tert-OH is 4. The van der Waals surface area contributed by atoms with Gasteiger partial charge < -0.3 is 35.1 Å². The topological polar surface area (TPSA) is 132 Å². The minimum atomic E-state index is -0.669. The Morgan fingerprint density at radius 1 is 0.778 bits per heavy atom. The van der Waals surface area contributed by atoms with Gasteiger partial charge in [-0.15, -0.1) is 0 Å². The van der Waals surface area contributed by atoms with Crippen LogP contribution in [0.3, 0.4) is 0 Å². The summed E-state index contributed by atoms with van der Waals surface area (Å²) in [4.78, 5) is 0. The number of ether oxygens (including phenoxy) is 2. The fourth-order valence-corrected chi connectivity index (χ4v) is 1.17. The van der Waals surface area contributed by atoms with E-state index in [-0.39, 0.29) is 52.1 Å². The zero-order chi connectivity index (χ0) is 13.8. The molecule has 0 aromatic heterocycles. The normalized spacial score (nSPS) is 12.0. The predicted octanol–water partition coefficient (Wildman–Crippen LogP) is -2.68. The van der Waals surface area contributed by atoms with Crippen LogP contribution in [0.4, 0.5) is 0 Å². The lowest BCUT2D eigenvalue weighted by Gasteiger charge is -2.21. The highest BCUT2D eigenvalue weighted by Gasteiger charge is 2.15. The number of hydrogen-bond donors (Lipinski definition) is 6. The van der Waals surface area contributed by atoms with Gasteiger partial charge in [-0.2, -0.15) is 0 Å². The third-order valence-corrected chi connectivity index (χ3v) is 2.33. The van der Waals surface area contributed by atoms with Gasteiger partial charge in [0.15, 0.2) is 0 Å². The molecule has 8 nitrogen and oxygen atoms in total. The second-order valence-corrected chi connectivity index (χ2v) is 3.87. The molecule has 0 aromatic rings. The molecule has 0 aromatic carbocycles. The van der Waals surface area contributed by atoms with E-state index in [9.17, 15) is 0 Å². The largest absolute Gasteiger partial charge is 0.394 e. The minimum absolute atomic E-state index is 0.156. The SMILES string of the molecule is OCC(CO)OCC(CNO)COC(CO)CO. The Balaban J connectivity index is 3.97. The summed E-state index contributed by atoms with van der Waals surface area (Å²) in [5, 5.41) is 43.9. The first kappa shape index (κ1) is 17.7. The molecule has 0 heterocycles. The summed E-state index contributed by atoms with van der Waals surface area (Å²) >= 11 is 0. The van der Waals surface area contributed by atoms with E-state index in [1.54, 1.807) is 0 Å². The van der Waals surface area contributed by atoms with Crippen LogP contribution in [0, 0.1) is 5.92 Å². The maximum Gasteiger partial charge on any atom is 0.104 e. The van der Waals surface area contributed by atoms with Crippen molar-refractivity contribution in [1.82, 2.24) is 5.48 Å². The molecule has 0 amide bonds. The lowest BCUT2D eigenvalue weighted by Crippen LogP contribution is -2.34. The van der Waals surface area contributed by atoms with Crippen molar-refractivity contribution < 1.29 is 35.1 Å². The first-order chi connectivity index (χ1) is 8.71. The Hall–Kier alpha value is -0.320. The molecule has 110 valence electrons. The van der Waals surface area contributed by atoms with Gasteiger partial charge in [-0.1, -0.05) is 0 Å². The number of hydrogen-bond acceptors (Lipinski definition) is 8. The average molecular weight is 269 g/mol. The maximum absolute atomic E-state index is 8.82. The summed E-state index contributed by atoms with van der Waals surface area (Å²) in [7, 11) is 0. The summed E-state index contributed by atoms with van der Waals surface area (Å²) in [5.74, 6) is -0.240. The summed E-state index contributed by atoms with van der Waals surface area (Å²) in [6, 6.07) is 0. The standard InChI is InChI=1S/C10H23NO7/c12-2-9(3-13)17-6-8(1-11-16)7-18-10(4-14)5-15/h8-16H,1-7H2. The molecule has 0 saturated carbocycles. The van der Waals surface area contributed by atoms with Gasteiger partial charge in [-0.3, -0.25) is 0 Å². The van der Waals surface area contributed by atoms with Gasteiger partial charge in [0.2, 0.25) is 0 Å². The van der Waals surface area contributed by atoms with E-state index in [1.807, 2.05) is 5.48 Å². The van der Waals surface area contributed by atoms with E-state index in [1.165, 1.54) is 0 Å². The molecule has 0 rings (SSSR count). The molecule has 0 saturated heterocycles. The number of rotatable bonds is 12. The van der Waals surface area contributed by atoms with Crippen LogP contribution in [0.25, 0.3) is 0 Å². The van der Waals surface area contributed by atoms with E-state index >= 15 is 0 Å². The van der Waals surface area contributed by atoms with Gasteiger partial charge in [0.1, 0.15) is 12.2 Å². The molecule has 18 heavy (non-hydrogen) atoms. The molecule has 0 radical (unpaired) electrons. The molecule has 0 fully saturated rings. The van der Waals surface area contributed by atoms with Crippen molar-refractivity contribution in [2.75, 3.05) is 46.2 Å². The fraction of sp³-hybridized carbons (Fsp3) is 1.00. The van der Waals surface area contributed by atoms with Crippen LogP contribution in [-0.4, -0.2) is 84.0 Å². The van der Waals surface area contributed by atoms with Gasteiger partial charge in [-0.25, -0.2) is 5.48 Å². The Morgan fingerprint density at radius 2 is 1.17 bits per heavy atom. The Bertz CT molecular complexity index is 160. The summed E-state index contributed by atoms with van der Waals surface area (Å²) < 4.78 is 10.4. The molecule has 0 unspecified atom stereocenters. The van der Waals surface area contributed by atoms with E-state index in [0.717, 1.165) is 0 Å². The van der Waals surface area contributed by atoms with Crippen molar-refractivity contribution in [3.8, 4) is 0 Å². The average Bonchev–Trinajstić information content (AvgIpc) is 2.40. The third-order valence-electron chi connectivity index (χ3n) is 2.33. The summed E-state index contributed by atoms with van der Waals surface area (Å²) in [6.07, 6.45) is -1.34. The van der Waals surface area contributed by atoms with Crippen molar-refractivity contribution in [1.29, 1.82) is 0 Å². The van der Waals surface area contributed by atoms with Crippen LogP contribution < -0.4 is 5.48 Å². The maximum atomic E-state index is 8.82. The lowest BCUT2D eigenvalue weighted by molar-refractivity contribution is -0.0732. The van der Waals surface area contributed by atoms with Gasteiger partial charge in [0.05, 0.1) is 39.6 Å². The fourth-order valence-electron chi connectivity index (χ4n) is 1.17. The second-order valence-electron chi connectivity index (χ2n) is 3.87. The van der Waals surface area contributed by atoms with Gasteiger partial charge in [-0.05, 0) is 0 Å². The summed E-state index contributed by atoms with van der Waals surface area (Å²) in [5.41, 5.74) is 1.98. The molecular formula is C10H23NO7. The molecule has 0 aliphatic rings. The van der Waals surface area contributed by atoms with Crippen molar-refractivity contribution in [2.45, 2.75) is 12.2 Å². The van der Waals surface area contributed by atoms with Gasteiger partial charge in [0.25, 0.3) is 0 Å². The molecule has 6 N–H and O–H groups in total. The highest BCUT2D eigenvalue weighted by atomic mass is 16.5. The van der Waals surface area contributed by atoms with Crippen LogP contribution in [-0.2, 0) is 9.47 Å². The van der Waals surface area contributed by atoms with Crippen LogP contribution in [0.5, 0.6) is 0 Å². The molecule has 8 heteroatoms. The van der Waals surface area contributed by atoms with Crippen LogP contribution in [0.15, 0.2) is 0 Å². The zero-order valence-electron chi connectivity index (χ0n) is 10.2. The summed E-state index contributed by atoms with van der Waals surface area (Å²) in [6.45, 7) is -0.697.